The van der Waals surface area contributed by atoms with Gasteiger partial charge in [0.05, 0.1) is 11.5 Å². The first-order chi connectivity index (χ1) is 10.5. The van der Waals surface area contributed by atoms with E-state index in [-0.39, 0.29) is 18.1 Å². The molecule has 6 nitrogen and oxygen atoms in total. The van der Waals surface area contributed by atoms with Gasteiger partial charge in [-0.2, -0.15) is 0 Å². The van der Waals surface area contributed by atoms with Crippen molar-refractivity contribution in [3.05, 3.63) is 64.0 Å². The number of nitro groups is 1. The molecule has 0 spiro atoms. The van der Waals surface area contributed by atoms with Crippen LogP contribution in [0.2, 0.25) is 0 Å². The van der Waals surface area contributed by atoms with E-state index in [4.69, 9.17) is 0 Å². The molecule has 0 saturated carbocycles. The summed E-state index contributed by atoms with van der Waals surface area (Å²) in [6, 6.07) is 10.1. The van der Waals surface area contributed by atoms with E-state index >= 15 is 0 Å². The van der Waals surface area contributed by atoms with Gasteiger partial charge in [0.2, 0.25) is 5.91 Å². The van der Waals surface area contributed by atoms with Gasteiger partial charge in [0.25, 0.3) is 5.69 Å². The van der Waals surface area contributed by atoms with E-state index in [2.05, 4.69) is 10.6 Å². The molecule has 2 aromatic carbocycles. The Morgan fingerprint density at radius 2 is 2.00 bits per heavy atom. The number of nitro benzene ring substituents is 1. The largest absolute Gasteiger partial charge is 0.376 e. The van der Waals surface area contributed by atoms with Gasteiger partial charge in [0.15, 0.2) is 0 Å². The van der Waals surface area contributed by atoms with Gasteiger partial charge < -0.3 is 10.6 Å². The summed E-state index contributed by atoms with van der Waals surface area (Å²) in [5.41, 5.74) is 1.28. The number of benzene rings is 2. The molecular weight excluding hydrogens is 289 g/mol. The first-order valence-electron chi connectivity index (χ1n) is 6.50. The van der Waals surface area contributed by atoms with Crippen LogP contribution in [-0.2, 0) is 4.79 Å². The standard InChI is InChI=1S/C15H14FN3O3/c1-10-13(6-3-7-14(10)19(21)22)17-9-15(20)18-12-5-2-4-11(16)8-12/h2-8,17H,9H2,1H3,(H,18,20). The maximum absolute atomic E-state index is 13.0. The van der Waals surface area contributed by atoms with Crippen LogP contribution in [0.4, 0.5) is 21.5 Å². The van der Waals surface area contributed by atoms with Crippen LogP contribution in [0.1, 0.15) is 5.56 Å². The maximum atomic E-state index is 13.0. The maximum Gasteiger partial charge on any atom is 0.274 e. The third kappa shape index (κ3) is 3.78. The molecule has 0 heterocycles. The second kappa shape index (κ2) is 6.66. The monoisotopic (exact) mass is 303 g/mol. The summed E-state index contributed by atoms with van der Waals surface area (Å²) in [5, 5.41) is 16.2. The first-order valence-corrected chi connectivity index (χ1v) is 6.50. The van der Waals surface area contributed by atoms with Crippen LogP contribution in [0.5, 0.6) is 0 Å². The summed E-state index contributed by atoms with van der Waals surface area (Å²) in [7, 11) is 0. The summed E-state index contributed by atoms with van der Waals surface area (Å²) in [6.45, 7) is 1.52. The topological polar surface area (TPSA) is 84.3 Å². The van der Waals surface area contributed by atoms with Crippen molar-refractivity contribution < 1.29 is 14.1 Å². The van der Waals surface area contributed by atoms with Crippen LogP contribution in [0.3, 0.4) is 0 Å². The van der Waals surface area contributed by atoms with Crippen molar-refractivity contribution >= 4 is 23.0 Å². The quantitative estimate of drug-likeness (QED) is 0.656. The van der Waals surface area contributed by atoms with Crippen LogP contribution >= 0.6 is 0 Å². The number of hydrogen-bond donors (Lipinski definition) is 2. The predicted molar refractivity (Wildman–Crippen MR) is 81.4 cm³/mol. The molecule has 1 amide bonds. The Hall–Kier alpha value is -2.96. The molecule has 0 atom stereocenters. The number of nitrogens with zero attached hydrogens (tertiary/aromatic N) is 1. The van der Waals surface area contributed by atoms with Gasteiger partial charge in [-0.3, -0.25) is 14.9 Å². The van der Waals surface area contributed by atoms with Gasteiger partial charge in [-0.15, -0.1) is 0 Å². The fourth-order valence-electron chi connectivity index (χ4n) is 1.96. The zero-order valence-corrected chi connectivity index (χ0v) is 11.8. The molecule has 2 N–H and O–H groups in total. The minimum atomic E-state index is -0.479. The highest BCUT2D eigenvalue weighted by molar-refractivity contribution is 5.93. The van der Waals surface area contributed by atoms with Crippen molar-refractivity contribution in [1.29, 1.82) is 0 Å². The van der Waals surface area contributed by atoms with Gasteiger partial charge in [0.1, 0.15) is 5.82 Å². The minimum absolute atomic E-state index is 0.0180. The third-order valence-corrected chi connectivity index (χ3v) is 3.05. The average Bonchev–Trinajstić information content (AvgIpc) is 2.46. The molecule has 0 aromatic heterocycles. The lowest BCUT2D eigenvalue weighted by atomic mass is 10.1. The van der Waals surface area contributed by atoms with Crippen LogP contribution in [0.15, 0.2) is 42.5 Å². The second-order valence-corrected chi connectivity index (χ2v) is 4.62. The zero-order valence-electron chi connectivity index (χ0n) is 11.8. The number of rotatable bonds is 5. The Kier molecular flexibility index (Phi) is 4.67. The molecule has 0 bridgehead atoms. The molecule has 0 aliphatic carbocycles. The molecule has 2 rings (SSSR count). The molecule has 0 fully saturated rings. The van der Waals surface area contributed by atoms with Gasteiger partial charge in [-0.1, -0.05) is 12.1 Å². The van der Waals surface area contributed by atoms with Crippen molar-refractivity contribution in [2.45, 2.75) is 6.92 Å². The highest BCUT2D eigenvalue weighted by Crippen LogP contribution is 2.24. The Morgan fingerprint density at radius 3 is 2.68 bits per heavy atom. The summed E-state index contributed by atoms with van der Waals surface area (Å²) < 4.78 is 13.0. The molecule has 0 saturated heterocycles. The number of carbonyl (C=O) groups is 1. The van der Waals surface area contributed by atoms with Gasteiger partial charge in [-0.25, -0.2) is 4.39 Å². The van der Waals surface area contributed by atoms with Crippen molar-refractivity contribution in [2.75, 3.05) is 17.2 Å². The van der Waals surface area contributed by atoms with Crippen molar-refractivity contribution in [2.24, 2.45) is 0 Å². The van der Waals surface area contributed by atoms with Gasteiger partial charge >= 0.3 is 0 Å². The lowest BCUT2D eigenvalue weighted by Crippen LogP contribution is -2.22. The molecule has 2 aromatic rings. The highest BCUT2D eigenvalue weighted by atomic mass is 19.1. The van der Waals surface area contributed by atoms with Crippen LogP contribution in [0, 0.1) is 22.9 Å². The molecule has 0 aliphatic heterocycles. The number of hydrogen-bond acceptors (Lipinski definition) is 4. The lowest BCUT2D eigenvalue weighted by molar-refractivity contribution is -0.385. The molecular formula is C15H14FN3O3. The number of nitrogens with one attached hydrogen (secondary N) is 2. The van der Waals surface area contributed by atoms with Crippen molar-refractivity contribution in [1.82, 2.24) is 0 Å². The Balaban J connectivity index is 2.00. The van der Waals surface area contributed by atoms with Crippen LogP contribution < -0.4 is 10.6 Å². The molecule has 22 heavy (non-hydrogen) atoms. The fourth-order valence-corrected chi connectivity index (χ4v) is 1.96. The van der Waals surface area contributed by atoms with E-state index < -0.39 is 10.7 Å². The number of halogens is 1. The van der Waals surface area contributed by atoms with E-state index in [1.165, 1.54) is 30.3 Å². The molecule has 0 radical (unpaired) electrons. The van der Waals surface area contributed by atoms with Crippen LogP contribution in [0.25, 0.3) is 0 Å². The summed E-state index contributed by atoms with van der Waals surface area (Å²) >= 11 is 0. The van der Waals surface area contributed by atoms with Crippen molar-refractivity contribution in [3.8, 4) is 0 Å². The Bertz CT molecular complexity index is 719. The molecule has 0 unspecified atom stereocenters. The summed E-state index contributed by atoms with van der Waals surface area (Å²) in [5.74, 6) is -0.822. The lowest BCUT2D eigenvalue weighted by Gasteiger charge is -2.10. The van der Waals surface area contributed by atoms with E-state index in [1.54, 1.807) is 19.1 Å². The van der Waals surface area contributed by atoms with Crippen LogP contribution in [-0.4, -0.2) is 17.4 Å². The highest BCUT2D eigenvalue weighted by Gasteiger charge is 2.13. The molecule has 7 heteroatoms. The number of anilines is 2. The molecule has 114 valence electrons. The summed E-state index contributed by atoms with van der Waals surface area (Å²) in [4.78, 5) is 22.2. The average molecular weight is 303 g/mol. The third-order valence-electron chi connectivity index (χ3n) is 3.05. The van der Waals surface area contributed by atoms with Crippen molar-refractivity contribution in [3.63, 3.8) is 0 Å². The zero-order chi connectivity index (χ0) is 16.1. The van der Waals surface area contributed by atoms with Gasteiger partial charge in [-0.05, 0) is 31.2 Å². The van der Waals surface area contributed by atoms with Gasteiger partial charge in [0, 0.05) is 23.0 Å². The Morgan fingerprint density at radius 1 is 1.27 bits per heavy atom. The smallest absolute Gasteiger partial charge is 0.274 e. The Labute approximate surface area is 126 Å². The normalized spacial score (nSPS) is 10.1. The van der Waals surface area contributed by atoms with E-state index in [1.807, 2.05) is 0 Å². The first kappa shape index (κ1) is 15.4. The summed E-state index contributed by atoms with van der Waals surface area (Å²) in [6.07, 6.45) is 0. The van der Waals surface area contributed by atoms with E-state index in [0.29, 0.717) is 16.9 Å². The SMILES string of the molecule is Cc1c(NCC(=O)Nc2cccc(F)c2)cccc1[N+](=O)[O-]. The number of carbonyl (C=O) groups excluding carboxylic acids is 1. The minimum Gasteiger partial charge on any atom is -0.376 e. The fraction of sp³-hybridized carbons (Fsp3) is 0.133. The van der Waals surface area contributed by atoms with E-state index in [0.717, 1.165) is 0 Å². The second-order valence-electron chi connectivity index (χ2n) is 4.62. The van der Waals surface area contributed by atoms with E-state index in [9.17, 15) is 19.3 Å². The predicted octanol–water partition coefficient (Wildman–Crippen LogP) is 3.09. The molecule has 0 aliphatic rings. The number of amides is 1.